The predicted molar refractivity (Wildman–Crippen MR) is 160 cm³/mol. The molecule has 1 unspecified atom stereocenters. The van der Waals surface area contributed by atoms with Crippen molar-refractivity contribution >= 4 is 0 Å². The van der Waals surface area contributed by atoms with E-state index < -0.39 is 0 Å². The molecular weight excluding hydrogens is 444 g/mol. The summed E-state index contributed by atoms with van der Waals surface area (Å²) in [5.41, 5.74) is 8.67. The van der Waals surface area contributed by atoms with Gasteiger partial charge >= 0.3 is 0 Å². The third kappa shape index (κ3) is 5.82. The Morgan fingerprint density at radius 3 is 1.86 bits per heavy atom. The first-order valence-electron chi connectivity index (χ1n) is 13.5. The Bertz CT molecular complexity index is 1310. The van der Waals surface area contributed by atoms with Crippen LogP contribution in [-0.4, -0.2) is 0 Å². The number of hydrogen-bond donors (Lipinski definition) is 0. The average molecular weight is 483 g/mol. The number of fused-ring (bicyclic) bond motifs is 3. The van der Waals surface area contributed by atoms with Crippen molar-refractivity contribution in [3.05, 3.63) is 119 Å². The van der Waals surface area contributed by atoms with Gasteiger partial charge in [-0.15, -0.1) is 23.7 Å². The summed E-state index contributed by atoms with van der Waals surface area (Å²) in [5, 5.41) is 0. The quantitative estimate of drug-likeness (QED) is 0.360. The normalized spacial score (nSPS) is 16.2. The van der Waals surface area contributed by atoms with Crippen LogP contribution in [0.3, 0.4) is 0 Å². The third-order valence-electron chi connectivity index (χ3n) is 7.93. The number of benzene rings is 2. The lowest BCUT2D eigenvalue weighted by atomic mass is 9.62. The zero-order valence-electron chi connectivity index (χ0n) is 22.7. The first-order chi connectivity index (χ1) is 18.1. The lowest BCUT2D eigenvalue weighted by Crippen LogP contribution is -2.31. The molecule has 186 valence electrons. The van der Waals surface area contributed by atoms with Gasteiger partial charge in [-0.3, -0.25) is 0 Å². The average Bonchev–Trinajstić information content (AvgIpc) is 3.70. The second-order valence-electron chi connectivity index (χ2n) is 10.2. The van der Waals surface area contributed by atoms with Crippen molar-refractivity contribution in [2.45, 2.75) is 59.3 Å². The van der Waals surface area contributed by atoms with E-state index in [9.17, 15) is 0 Å². The van der Waals surface area contributed by atoms with Gasteiger partial charge in [0.2, 0.25) is 0 Å². The molecule has 0 radical (unpaired) electrons. The molecular formula is C37H38. The Labute approximate surface area is 224 Å². The van der Waals surface area contributed by atoms with E-state index in [1.54, 1.807) is 0 Å². The molecule has 0 saturated carbocycles. The summed E-state index contributed by atoms with van der Waals surface area (Å²) in [5.74, 6) is 13.2. The van der Waals surface area contributed by atoms with Crippen molar-refractivity contribution < 1.29 is 0 Å². The summed E-state index contributed by atoms with van der Waals surface area (Å²) in [6.07, 6.45) is 21.7. The molecule has 0 aliphatic heterocycles. The number of hydrogen-bond acceptors (Lipinski definition) is 0. The van der Waals surface area contributed by atoms with Crippen LogP contribution in [0, 0.1) is 35.0 Å². The van der Waals surface area contributed by atoms with E-state index in [-0.39, 0.29) is 5.41 Å². The number of rotatable bonds is 6. The van der Waals surface area contributed by atoms with E-state index in [1.807, 2.05) is 13.8 Å². The highest BCUT2D eigenvalue weighted by molar-refractivity contribution is 5.79. The van der Waals surface area contributed by atoms with Gasteiger partial charge in [-0.25, -0.2) is 0 Å². The monoisotopic (exact) mass is 482 g/mol. The molecule has 1 atom stereocenters. The van der Waals surface area contributed by atoms with Gasteiger partial charge in [0.25, 0.3) is 0 Å². The van der Waals surface area contributed by atoms with Gasteiger partial charge in [0, 0.05) is 24.7 Å². The van der Waals surface area contributed by atoms with Crippen molar-refractivity contribution in [1.29, 1.82) is 0 Å². The molecule has 0 saturated heterocycles. The number of allylic oxidation sites excluding steroid dienone is 10. The molecule has 3 aliphatic rings. The van der Waals surface area contributed by atoms with Gasteiger partial charge in [0.1, 0.15) is 0 Å². The van der Waals surface area contributed by atoms with Crippen molar-refractivity contribution in [1.82, 2.24) is 0 Å². The largest absolute Gasteiger partial charge is 0.107 e. The van der Waals surface area contributed by atoms with Gasteiger partial charge < -0.3 is 0 Å². The second-order valence-corrected chi connectivity index (χ2v) is 10.2. The van der Waals surface area contributed by atoms with E-state index >= 15 is 0 Å². The van der Waals surface area contributed by atoms with Crippen molar-refractivity contribution in [3.63, 3.8) is 0 Å². The van der Waals surface area contributed by atoms with Crippen LogP contribution in [0.2, 0.25) is 0 Å². The topological polar surface area (TPSA) is 0 Å². The van der Waals surface area contributed by atoms with Crippen molar-refractivity contribution in [2.75, 3.05) is 0 Å². The van der Waals surface area contributed by atoms with Gasteiger partial charge in [-0.1, -0.05) is 110 Å². The van der Waals surface area contributed by atoms with E-state index in [1.165, 1.54) is 33.4 Å². The van der Waals surface area contributed by atoms with Crippen LogP contribution in [0.25, 0.3) is 11.1 Å². The Hall–Kier alpha value is -3.74. The fraction of sp³-hybridized carbons (Fsp3) is 0.297. The summed E-state index contributed by atoms with van der Waals surface area (Å²) >= 11 is 0. The van der Waals surface area contributed by atoms with Gasteiger partial charge in [0.15, 0.2) is 0 Å². The fourth-order valence-electron chi connectivity index (χ4n) is 5.88. The summed E-state index contributed by atoms with van der Waals surface area (Å²) < 4.78 is 0. The minimum Gasteiger partial charge on any atom is -0.107 e. The molecule has 0 aromatic heterocycles. The smallest absolute Gasteiger partial charge is 0.0164 e. The zero-order chi connectivity index (χ0) is 26.1. The van der Waals surface area contributed by atoms with Gasteiger partial charge in [-0.2, -0.15) is 0 Å². The molecule has 5 rings (SSSR count). The minimum absolute atomic E-state index is 0.121. The standard InChI is InChI=1S/C25H24.C12H14/c1-3-4-11-18-25(2,19-12-5-6-13-19)24-22-16-9-7-14-20(22)21-15-8-10-17-23(21)24;1-3-4-5-8-11(2)12-9-6-7-10-12/h5-10,12-17,19,24H,11,18H2,1-2H3;6-7,9-10H,5,8H2,1-2H3. The molecule has 0 heteroatoms. The molecule has 0 spiro atoms. The molecule has 37 heavy (non-hydrogen) atoms. The summed E-state index contributed by atoms with van der Waals surface area (Å²) in [7, 11) is 0. The Morgan fingerprint density at radius 1 is 0.757 bits per heavy atom. The lowest BCUT2D eigenvalue weighted by Gasteiger charge is -2.40. The maximum absolute atomic E-state index is 3.30. The first-order valence-corrected chi connectivity index (χ1v) is 13.5. The summed E-state index contributed by atoms with van der Waals surface area (Å²) in [4.78, 5) is 0. The van der Waals surface area contributed by atoms with E-state index in [4.69, 9.17) is 0 Å². The molecule has 0 nitrogen and oxygen atoms in total. The second kappa shape index (κ2) is 12.5. The van der Waals surface area contributed by atoms with E-state index in [0.717, 1.165) is 25.7 Å². The van der Waals surface area contributed by atoms with Crippen LogP contribution in [0.5, 0.6) is 0 Å². The Kier molecular flexibility index (Phi) is 8.88. The molecule has 0 fully saturated rings. The predicted octanol–water partition coefficient (Wildman–Crippen LogP) is 9.58. The Balaban J connectivity index is 0.000000225. The highest BCUT2D eigenvalue weighted by Crippen LogP contribution is 2.57. The van der Waals surface area contributed by atoms with Gasteiger partial charge in [-0.05, 0) is 66.9 Å². The van der Waals surface area contributed by atoms with Crippen LogP contribution in [-0.2, 0) is 0 Å². The zero-order valence-corrected chi connectivity index (χ0v) is 22.7. The SMILES string of the molecule is CC#CCCC(C)(C1C=CC=C1)C1c2ccccc2-c2ccccc21.CC#CCCC(C)=C1C=CC=C1. The van der Waals surface area contributed by atoms with E-state index in [2.05, 4.69) is 135 Å². The van der Waals surface area contributed by atoms with Crippen LogP contribution >= 0.6 is 0 Å². The highest BCUT2D eigenvalue weighted by atomic mass is 14.5. The highest BCUT2D eigenvalue weighted by Gasteiger charge is 2.45. The third-order valence-corrected chi connectivity index (χ3v) is 7.93. The first kappa shape index (κ1) is 26.3. The maximum Gasteiger partial charge on any atom is 0.0164 e. The summed E-state index contributed by atoms with van der Waals surface area (Å²) in [6.45, 7) is 8.45. The molecule has 0 N–H and O–H groups in total. The molecule has 0 bridgehead atoms. The van der Waals surface area contributed by atoms with E-state index in [0.29, 0.717) is 11.8 Å². The van der Waals surface area contributed by atoms with Crippen LogP contribution in [0.1, 0.15) is 70.4 Å². The summed E-state index contributed by atoms with van der Waals surface area (Å²) in [6, 6.07) is 17.9. The lowest BCUT2D eigenvalue weighted by molar-refractivity contribution is 0.216. The van der Waals surface area contributed by atoms with Crippen molar-refractivity contribution in [2.24, 2.45) is 11.3 Å². The minimum atomic E-state index is 0.121. The molecule has 2 aromatic rings. The molecule has 2 aromatic carbocycles. The fourth-order valence-corrected chi connectivity index (χ4v) is 5.88. The molecule has 0 amide bonds. The van der Waals surface area contributed by atoms with Gasteiger partial charge in [0.05, 0.1) is 0 Å². The van der Waals surface area contributed by atoms with Crippen molar-refractivity contribution in [3.8, 4) is 34.8 Å². The molecule has 0 heterocycles. The maximum atomic E-state index is 3.30. The van der Waals surface area contributed by atoms with Crippen LogP contribution in [0.15, 0.2) is 108 Å². The molecule has 3 aliphatic carbocycles. The van der Waals surface area contributed by atoms with Crippen LogP contribution in [0.4, 0.5) is 0 Å². The van der Waals surface area contributed by atoms with Crippen LogP contribution < -0.4 is 0 Å². The Morgan fingerprint density at radius 2 is 1.30 bits per heavy atom.